The molecule has 1 rings (SSSR count). The van der Waals surface area contributed by atoms with Gasteiger partial charge in [-0.05, 0) is 24.6 Å². The van der Waals surface area contributed by atoms with Crippen molar-refractivity contribution >= 4 is 33.2 Å². The quantitative estimate of drug-likeness (QED) is 0.535. The van der Waals surface area contributed by atoms with Crippen LogP contribution in [0.3, 0.4) is 0 Å². The number of nitrogens with one attached hydrogen (secondary N) is 1. The molecule has 100 valence electrons. The van der Waals surface area contributed by atoms with Gasteiger partial charge in [0, 0.05) is 12.2 Å². The number of hydrogen-bond donors (Lipinski definition) is 3. The smallest absolute Gasteiger partial charge is 0.252 e. The minimum Gasteiger partial charge on any atom is -0.399 e. The Bertz CT molecular complexity index is 545. The van der Waals surface area contributed by atoms with Gasteiger partial charge < -0.3 is 11.1 Å². The molecule has 0 aromatic heterocycles. The van der Waals surface area contributed by atoms with Gasteiger partial charge in [0.1, 0.15) is 0 Å². The molecule has 0 saturated carbocycles. The molecule has 0 aliphatic heterocycles. The highest BCUT2D eigenvalue weighted by atomic mass is 35.5. The molecule has 5 N–H and O–H groups in total. The first kappa shape index (κ1) is 14.7. The van der Waals surface area contributed by atoms with Gasteiger partial charge in [-0.1, -0.05) is 11.6 Å². The van der Waals surface area contributed by atoms with Gasteiger partial charge in [-0.25, -0.2) is 13.6 Å². The summed E-state index contributed by atoms with van der Waals surface area (Å²) in [5.74, 6) is -0.558. The summed E-state index contributed by atoms with van der Waals surface area (Å²) in [4.78, 5) is 11.7. The maximum atomic E-state index is 11.7. The molecule has 1 amide bonds. The van der Waals surface area contributed by atoms with Crippen LogP contribution in [0.5, 0.6) is 0 Å². The molecule has 0 radical (unpaired) electrons. The van der Waals surface area contributed by atoms with Gasteiger partial charge in [-0.2, -0.15) is 0 Å². The Morgan fingerprint density at radius 3 is 2.61 bits per heavy atom. The third-order valence-corrected chi connectivity index (χ3v) is 3.30. The van der Waals surface area contributed by atoms with E-state index in [0.717, 1.165) is 0 Å². The second kappa shape index (κ2) is 6.03. The molecule has 6 nitrogen and oxygen atoms in total. The average molecular weight is 292 g/mol. The van der Waals surface area contributed by atoms with Crippen LogP contribution in [-0.2, 0) is 10.0 Å². The predicted molar refractivity (Wildman–Crippen MR) is 70.8 cm³/mol. The summed E-state index contributed by atoms with van der Waals surface area (Å²) in [6, 6.07) is 4.54. The number of amides is 1. The van der Waals surface area contributed by atoms with Gasteiger partial charge in [0.25, 0.3) is 5.91 Å². The lowest BCUT2D eigenvalue weighted by Crippen LogP contribution is -2.27. The van der Waals surface area contributed by atoms with E-state index in [1.807, 2.05) is 0 Å². The molecule has 0 saturated heterocycles. The standard InChI is InChI=1S/C10H14ClN3O3S/c11-9-6-7(12)2-3-8(9)10(15)14-4-1-5-18(13,16)17/h2-3,6H,1,4-5,12H2,(H,14,15)(H2,13,16,17). The summed E-state index contributed by atoms with van der Waals surface area (Å²) >= 11 is 5.85. The molecule has 0 unspecified atom stereocenters. The van der Waals surface area contributed by atoms with Crippen molar-refractivity contribution in [2.75, 3.05) is 18.0 Å². The topological polar surface area (TPSA) is 115 Å². The Balaban J connectivity index is 2.51. The summed E-state index contributed by atoms with van der Waals surface area (Å²) in [6.45, 7) is 0.204. The van der Waals surface area contributed by atoms with Crippen LogP contribution >= 0.6 is 11.6 Å². The van der Waals surface area contributed by atoms with Crippen molar-refractivity contribution in [3.8, 4) is 0 Å². The Morgan fingerprint density at radius 1 is 1.39 bits per heavy atom. The number of nitrogens with two attached hydrogens (primary N) is 2. The van der Waals surface area contributed by atoms with Crippen molar-refractivity contribution < 1.29 is 13.2 Å². The molecule has 8 heteroatoms. The van der Waals surface area contributed by atoms with E-state index < -0.39 is 10.0 Å². The van der Waals surface area contributed by atoms with Crippen molar-refractivity contribution in [2.45, 2.75) is 6.42 Å². The van der Waals surface area contributed by atoms with Crippen molar-refractivity contribution in [1.29, 1.82) is 0 Å². The molecule has 1 aromatic rings. The van der Waals surface area contributed by atoms with Gasteiger partial charge >= 0.3 is 0 Å². The third-order valence-electron chi connectivity index (χ3n) is 2.13. The van der Waals surface area contributed by atoms with Crippen LogP contribution in [0.25, 0.3) is 0 Å². The number of carbonyl (C=O) groups excluding carboxylic acids is 1. The number of carbonyl (C=O) groups is 1. The number of anilines is 1. The Morgan fingerprint density at radius 2 is 2.06 bits per heavy atom. The highest BCUT2D eigenvalue weighted by molar-refractivity contribution is 7.89. The van der Waals surface area contributed by atoms with Crippen LogP contribution in [0.2, 0.25) is 5.02 Å². The molecule has 0 bridgehead atoms. The molecular formula is C10H14ClN3O3S. The van der Waals surface area contributed by atoms with E-state index >= 15 is 0 Å². The number of rotatable bonds is 5. The van der Waals surface area contributed by atoms with E-state index in [2.05, 4.69) is 5.32 Å². The van der Waals surface area contributed by atoms with E-state index in [1.54, 1.807) is 6.07 Å². The zero-order valence-corrected chi connectivity index (χ0v) is 11.1. The maximum absolute atomic E-state index is 11.7. The highest BCUT2D eigenvalue weighted by Gasteiger charge is 2.10. The summed E-state index contributed by atoms with van der Waals surface area (Å²) in [6.07, 6.45) is 0.247. The maximum Gasteiger partial charge on any atom is 0.252 e. The second-order valence-corrected chi connectivity index (χ2v) is 5.86. The van der Waals surface area contributed by atoms with Gasteiger partial charge in [-0.15, -0.1) is 0 Å². The first-order chi connectivity index (χ1) is 8.29. The van der Waals surface area contributed by atoms with Crippen LogP contribution in [0, 0.1) is 0 Å². The fraction of sp³-hybridized carbons (Fsp3) is 0.300. The molecule has 0 spiro atoms. The number of sulfonamides is 1. The van der Waals surface area contributed by atoms with Crippen molar-refractivity contribution in [3.63, 3.8) is 0 Å². The van der Waals surface area contributed by atoms with Gasteiger partial charge in [0.05, 0.1) is 16.3 Å². The van der Waals surface area contributed by atoms with E-state index in [9.17, 15) is 13.2 Å². The zero-order chi connectivity index (χ0) is 13.8. The number of halogens is 1. The molecule has 0 fully saturated rings. The first-order valence-corrected chi connectivity index (χ1v) is 7.22. The van der Waals surface area contributed by atoms with Crippen LogP contribution in [0.15, 0.2) is 18.2 Å². The summed E-state index contributed by atoms with van der Waals surface area (Å²) in [5, 5.41) is 7.63. The van der Waals surface area contributed by atoms with E-state index in [4.69, 9.17) is 22.5 Å². The normalized spacial score (nSPS) is 11.2. The van der Waals surface area contributed by atoms with Crippen LogP contribution in [0.4, 0.5) is 5.69 Å². The second-order valence-electron chi connectivity index (χ2n) is 3.72. The van der Waals surface area contributed by atoms with Crippen LogP contribution < -0.4 is 16.2 Å². The minimum absolute atomic E-state index is 0.178. The molecular weight excluding hydrogens is 278 g/mol. The molecule has 0 aliphatic carbocycles. The van der Waals surface area contributed by atoms with Crippen molar-refractivity contribution in [1.82, 2.24) is 5.32 Å². The van der Waals surface area contributed by atoms with E-state index in [0.29, 0.717) is 11.3 Å². The largest absolute Gasteiger partial charge is 0.399 e. The first-order valence-electron chi connectivity index (χ1n) is 5.13. The molecule has 0 atom stereocenters. The monoisotopic (exact) mass is 291 g/mol. The molecule has 18 heavy (non-hydrogen) atoms. The van der Waals surface area contributed by atoms with E-state index in [1.165, 1.54) is 12.1 Å². The van der Waals surface area contributed by atoms with Crippen molar-refractivity contribution in [3.05, 3.63) is 28.8 Å². The summed E-state index contributed by atoms with van der Waals surface area (Å²) < 4.78 is 21.3. The van der Waals surface area contributed by atoms with E-state index in [-0.39, 0.29) is 29.6 Å². The minimum atomic E-state index is -3.49. The fourth-order valence-corrected chi connectivity index (χ4v) is 2.11. The SMILES string of the molecule is Nc1ccc(C(=O)NCCCS(N)(=O)=O)c(Cl)c1. The Kier molecular flexibility index (Phi) is 4.94. The Labute approximate surface area is 110 Å². The lowest BCUT2D eigenvalue weighted by atomic mass is 10.2. The van der Waals surface area contributed by atoms with Gasteiger partial charge in [0.2, 0.25) is 10.0 Å². The highest BCUT2D eigenvalue weighted by Crippen LogP contribution is 2.18. The number of nitrogen functional groups attached to an aromatic ring is 1. The average Bonchev–Trinajstić information content (AvgIpc) is 2.22. The molecule has 0 aliphatic rings. The number of primary sulfonamides is 1. The zero-order valence-electron chi connectivity index (χ0n) is 9.52. The van der Waals surface area contributed by atoms with Gasteiger partial charge in [0.15, 0.2) is 0 Å². The fourth-order valence-electron chi connectivity index (χ4n) is 1.29. The summed E-state index contributed by atoms with van der Waals surface area (Å²) in [7, 11) is -3.49. The molecule has 0 heterocycles. The third kappa shape index (κ3) is 4.91. The van der Waals surface area contributed by atoms with Gasteiger partial charge in [-0.3, -0.25) is 4.79 Å². The lowest BCUT2D eigenvalue weighted by Gasteiger charge is -2.06. The van der Waals surface area contributed by atoms with Crippen LogP contribution in [-0.4, -0.2) is 26.6 Å². The van der Waals surface area contributed by atoms with Crippen LogP contribution in [0.1, 0.15) is 16.8 Å². The van der Waals surface area contributed by atoms with Crippen molar-refractivity contribution in [2.24, 2.45) is 5.14 Å². The Hall–Kier alpha value is -1.31. The molecule has 1 aromatic carbocycles. The predicted octanol–water partition coefficient (Wildman–Crippen LogP) is 0.331. The number of hydrogen-bond acceptors (Lipinski definition) is 4. The summed E-state index contributed by atoms with van der Waals surface area (Å²) in [5.41, 5.74) is 6.26. The number of benzene rings is 1. The lowest BCUT2D eigenvalue weighted by molar-refractivity contribution is 0.0954.